The fraction of sp³-hybridized carbons (Fsp3) is 0.789. The zero-order chi connectivity index (χ0) is 17.5. The number of hydrogen-bond acceptors (Lipinski definition) is 2. The molecule has 25 heavy (non-hydrogen) atoms. The maximum atomic E-state index is 4.51. The third-order valence-corrected chi connectivity index (χ3v) is 5.17. The average molecular weight is 461 g/mol. The Morgan fingerprint density at radius 2 is 2.00 bits per heavy atom. The van der Waals surface area contributed by atoms with Crippen molar-refractivity contribution in [1.29, 1.82) is 0 Å². The van der Waals surface area contributed by atoms with E-state index in [1.165, 1.54) is 31.4 Å². The molecule has 0 spiro atoms. The SMILES string of the molecule is CN=C(NCCCn1nc(C)cc1C)N(C)CC1CCC(C)CC1.I. The molecule has 1 aromatic rings. The van der Waals surface area contributed by atoms with Crippen molar-refractivity contribution in [3.63, 3.8) is 0 Å². The fourth-order valence-corrected chi connectivity index (χ4v) is 3.70. The lowest BCUT2D eigenvalue weighted by Gasteiger charge is -2.31. The van der Waals surface area contributed by atoms with Crippen molar-refractivity contribution in [3.8, 4) is 0 Å². The minimum absolute atomic E-state index is 0. The van der Waals surface area contributed by atoms with Crippen LogP contribution in [0.5, 0.6) is 0 Å². The molecule has 0 aromatic carbocycles. The minimum Gasteiger partial charge on any atom is -0.356 e. The molecule has 1 aromatic heterocycles. The minimum atomic E-state index is 0. The van der Waals surface area contributed by atoms with Gasteiger partial charge < -0.3 is 10.2 Å². The summed E-state index contributed by atoms with van der Waals surface area (Å²) in [5, 5.41) is 8.01. The maximum Gasteiger partial charge on any atom is 0.193 e. The Kier molecular flexibility index (Phi) is 9.82. The largest absolute Gasteiger partial charge is 0.356 e. The van der Waals surface area contributed by atoms with E-state index in [1.807, 2.05) is 14.0 Å². The van der Waals surface area contributed by atoms with Gasteiger partial charge in [-0.2, -0.15) is 5.10 Å². The quantitative estimate of drug-likeness (QED) is 0.303. The van der Waals surface area contributed by atoms with Crippen LogP contribution in [0.1, 0.15) is 50.4 Å². The molecule has 0 bridgehead atoms. The van der Waals surface area contributed by atoms with Crippen LogP contribution in [0, 0.1) is 25.7 Å². The van der Waals surface area contributed by atoms with Crippen LogP contribution in [0.15, 0.2) is 11.1 Å². The summed E-state index contributed by atoms with van der Waals surface area (Å²) in [6.45, 7) is 9.54. The van der Waals surface area contributed by atoms with E-state index in [0.717, 1.165) is 49.5 Å². The number of halogens is 1. The smallest absolute Gasteiger partial charge is 0.193 e. The lowest BCUT2D eigenvalue weighted by Crippen LogP contribution is -2.42. The van der Waals surface area contributed by atoms with Gasteiger partial charge >= 0.3 is 0 Å². The van der Waals surface area contributed by atoms with Crippen LogP contribution in [0.4, 0.5) is 0 Å². The molecule has 6 heteroatoms. The molecule has 5 nitrogen and oxygen atoms in total. The monoisotopic (exact) mass is 461 g/mol. The molecule has 1 fully saturated rings. The fourth-order valence-electron chi connectivity index (χ4n) is 3.70. The Hall–Kier alpha value is -0.790. The standard InChI is InChI=1S/C19H35N5.HI/c1-15-7-9-18(10-8-15)14-23(5)19(20-4)21-11-6-12-24-17(3)13-16(2)22-24;/h13,15,18H,6-12,14H2,1-5H3,(H,20,21);1H. The summed E-state index contributed by atoms with van der Waals surface area (Å²) < 4.78 is 2.09. The van der Waals surface area contributed by atoms with Crippen molar-refractivity contribution in [3.05, 3.63) is 17.5 Å². The van der Waals surface area contributed by atoms with Gasteiger partial charge in [0.15, 0.2) is 5.96 Å². The predicted octanol–water partition coefficient (Wildman–Crippen LogP) is 3.84. The van der Waals surface area contributed by atoms with Gasteiger partial charge in [-0.1, -0.05) is 19.8 Å². The molecule has 1 N–H and O–H groups in total. The summed E-state index contributed by atoms with van der Waals surface area (Å²) in [6.07, 6.45) is 6.54. The van der Waals surface area contributed by atoms with E-state index < -0.39 is 0 Å². The van der Waals surface area contributed by atoms with Crippen molar-refractivity contribution in [1.82, 2.24) is 20.0 Å². The van der Waals surface area contributed by atoms with Crippen LogP contribution in [-0.4, -0.2) is 47.8 Å². The molecule has 0 unspecified atom stereocenters. The Balaban J connectivity index is 0.00000312. The van der Waals surface area contributed by atoms with E-state index in [2.05, 4.69) is 52.0 Å². The van der Waals surface area contributed by atoms with Crippen molar-refractivity contribution < 1.29 is 0 Å². The first-order chi connectivity index (χ1) is 11.5. The Labute approximate surface area is 170 Å². The van der Waals surface area contributed by atoms with Crippen molar-refractivity contribution in [2.75, 3.05) is 27.2 Å². The summed E-state index contributed by atoms with van der Waals surface area (Å²) in [6, 6.07) is 2.13. The van der Waals surface area contributed by atoms with Gasteiger partial charge in [0.1, 0.15) is 0 Å². The Morgan fingerprint density at radius 1 is 1.32 bits per heavy atom. The van der Waals surface area contributed by atoms with Crippen LogP contribution < -0.4 is 5.32 Å². The van der Waals surface area contributed by atoms with Crippen molar-refractivity contribution in [2.45, 2.75) is 59.4 Å². The Bertz CT molecular complexity index is 532. The zero-order valence-electron chi connectivity index (χ0n) is 16.6. The number of nitrogens with zero attached hydrogens (tertiary/aromatic N) is 4. The summed E-state index contributed by atoms with van der Waals surface area (Å²) >= 11 is 0. The van der Waals surface area contributed by atoms with Crippen LogP contribution in [0.2, 0.25) is 0 Å². The lowest BCUT2D eigenvalue weighted by molar-refractivity contribution is 0.250. The van der Waals surface area contributed by atoms with Gasteiger partial charge in [0.05, 0.1) is 5.69 Å². The number of aromatic nitrogens is 2. The highest BCUT2D eigenvalue weighted by atomic mass is 127. The number of aryl methyl sites for hydroxylation is 3. The second-order valence-electron chi connectivity index (χ2n) is 7.48. The van der Waals surface area contributed by atoms with Crippen LogP contribution in [0.25, 0.3) is 0 Å². The van der Waals surface area contributed by atoms with Gasteiger partial charge in [0, 0.05) is 39.4 Å². The normalized spacial score (nSPS) is 20.9. The maximum absolute atomic E-state index is 4.51. The molecule has 1 heterocycles. The highest BCUT2D eigenvalue weighted by Crippen LogP contribution is 2.28. The van der Waals surface area contributed by atoms with Gasteiger partial charge in [-0.3, -0.25) is 9.67 Å². The molecule has 1 saturated carbocycles. The van der Waals surface area contributed by atoms with E-state index >= 15 is 0 Å². The molecule has 0 aliphatic heterocycles. The second kappa shape index (κ2) is 11.0. The van der Waals surface area contributed by atoms with Gasteiger partial charge in [-0.25, -0.2) is 0 Å². The molecule has 1 aliphatic carbocycles. The molecule has 2 rings (SSSR count). The first kappa shape index (κ1) is 22.3. The average Bonchev–Trinajstić information content (AvgIpc) is 2.87. The van der Waals surface area contributed by atoms with Crippen molar-refractivity contribution in [2.24, 2.45) is 16.8 Å². The van der Waals surface area contributed by atoms with E-state index in [0.29, 0.717) is 0 Å². The van der Waals surface area contributed by atoms with E-state index in [4.69, 9.17) is 0 Å². The van der Waals surface area contributed by atoms with Crippen molar-refractivity contribution >= 4 is 29.9 Å². The third kappa shape index (κ3) is 7.15. The molecule has 1 aliphatic rings. The van der Waals surface area contributed by atoms with Crippen LogP contribution in [0.3, 0.4) is 0 Å². The summed E-state index contributed by atoms with van der Waals surface area (Å²) in [7, 11) is 4.04. The molecule has 144 valence electrons. The second-order valence-corrected chi connectivity index (χ2v) is 7.48. The molecule has 0 radical (unpaired) electrons. The molecule has 0 amide bonds. The summed E-state index contributed by atoms with van der Waals surface area (Å²) in [4.78, 5) is 6.74. The molecular formula is C19H36IN5. The molecular weight excluding hydrogens is 425 g/mol. The van der Waals surface area contributed by atoms with Gasteiger partial charge in [0.2, 0.25) is 0 Å². The number of hydrogen-bond donors (Lipinski definition) is 1. The van der Waals surface area contributed by atoms with E-state index in [9.17, 15) is 0 Å². The topological polar surface area (TPSA) is 45.5 Å². The summed E-state index contributed by atoms with van der Waals surface area (Å²) in [5.74, 6) is 2.75. The van der Waals surface area contributed by atoms with Crippen LogP contribution in [-0.2, 0) is 6.54 Å². The van der Waals surface area contributed by atoms with Gasteiger partial charge in [-0.15, -0.1) is 24.0 Å². The first-order valence-electron chi connectivity index (χ1n) is 9.42. The highest BCUT2D eigenvalue weighted by molar-refractivity contribution is 14.0. The van der Waals surface area contributed by atoms with Gasteiger partial charge in [-0.05, 0) is 51.0 Å². The lowest BCUT2D eigenvalue weighted by atomic mass is 9.83. The number of guanidine groups is 1. The molecule has 0 atom stereocenters. The number of aliphatic imine (C=N–C) groups is 1. The summed E-state index contributed by atoms with van der Waals surface area (Å²) in [5.41, 5.74) is 2.33. The van der Waals surface area contributed by atoms with Crippen LogP contribution >= 0.6 is 24.0 Å². The van der Waals surface area contributed by atoms with E-state index in [1.54, 1.807) is 0 Å². The predicted molar refractivity (Wildman–Crippen MR) is 117 cm³/mol. The van der Waals surface area contributed by atoms with Gasteiger partial charge in [0.25, 0.3) is 0 Å². The third-order valence-electron chi connectivity index (χ3n) is 5.17. The zero-order valence-corrected chi connectivity index (χ0v) is 18.9. The number of nitrogens with one attached hydrogen (secondary N) is 1. The van der Waals surface area contributed by atoms with E-state index in [-0.39, 0.29) is 24.0 Å². The first-order valence-corrected chi connectivity index (χ1v) is 9.42. The highest BCUT2D eigenvalue weighted by Gasteiger charge is 2.20. The number of rotatable bonds is 6. The molecule has 0 saturated heterocycles. The Morgan fingerprint density at radius 3 is 2.56 bits per heavy atom.